The number of imidazole rings is 1. The predicted molar refractivity (Wildman–Crippen MR) is 102 cm³/mol. The van der Waals surface area contributed by atoms with Crippen LogP contribution in [0.2, 0.25) is 0 Å². The quantitative estimate of drug-likeness (QED) is 0.703. The number of aryl methyl sites for hydroxylation is 1. The Labute approximate surface area is 161 Å². The van der Waals surface area contributed by atoms with E-state index in [9.17, 15) is 10.1 Å². The van der Waals surface area contributed by atoms with Crippen LogP contribution < -0.4 is 5.73 Å². The van der Waals surface area contributed by atoms with Crippen LogP contribution in [-0.4, -0.2) is 42.4 Å². The number of nitrogens with two attached hydrogens (primary N) is 1. The lowest BCUT2D eigenvalue weighted by molar-refractivity contribution is 0.100. The van der Waals surface area contributed by atoms with E-state index < -0.39 is 5.91 Å². The van der Waals surface area contributed by atoms with E-state index in [-0.39, 0.29) is 18.0 Å². The van der Waals surface area contributed by atoms with Gasteiger partial charge in [-0.05, 0) is 50.5 Å². The Morgan fingerprint density at radius 3 is 2.86 bits per heavy atom. The summed E-state index contributed by atoms with van der Waals surface area (Å²) in [4.78, 5) is 27.5. The zero-order valence-corrected chi connectivity index (χ0v) is 15.4. The van der Waals surface area contributed by atoms with Gasteiger partial charge in [-0.3, -0.25) is 9.36 Å². The molecule has 0 aliphatic carbocycles. The standard InChI is InChI=1S/C20H19N7O/c1-11-6-7-23-20(24-11)27-17-4-2-12(18(22)28)8-15(17)25-19(27)14-9-13-3-5-16(14)26(13)10-21/h2,4,6-8,13-14,16H,3,5,9H2,1H3,(H2,22,28). The summed E-state index contributed by atoms with van der Waals surface area (Å²) in [5, 5.41) is 9.54. The van der Waals surface area contributed by atoms with E-state index in [1.165, 1.54) is 0 Å². The van der Waals surface area contributed by atoms with Gasteiger partial charge in [0.25, 0.3) is 0 Å². The Kier molecular flexibility index (Phi) is 3.59. The van der Waals surface area contributed by atoms with Gasteiger partial charge in [0.2, 0.25) is 11.9 Å². The number of nitrogens with zero attached hydrogens (tertiary/aromatic N) is 6. The van der Waals surface area contributed by atoms with Crippen LogP contribution in [0.4, 0.5) is 0 Å². The molecule has 3 unspecified atom stereocenters. The highest BCUT2D eigenvalue weighted by molar-refractivity contribution is 5.96. The molecule has 28 heavy (non-hydrogen) atoms. The number of nitriles is 1. The van der Waals surface area contributed by atoms with Gasteiger partial charge < -0.3 is 10.6 Å². The predicted octanol–water partition coefficient (Wildman–Crippen LogP) is 2.02. The van der Waals surface area contributed by atoms with Crippen LogP contribution in [0.25, 0.3) is 17.0 Å². The minimum atomic E-state index is -0.486. The monoisotopic (exact) mass is 373 g/mol. The van der Waals surface area contributed by atoms with Crippen molar-refractivity contribution in [3.05, 3.63) is 47.5 Å². The smallest absolute Gasteiger partial charge is 0.248 e. The van der Waals surface area contributed by atoms with Gasteiger partial charge in [-0.1, -0.05) is 0 Å². The van der Waals surface area contributed by atoms with Gasteiger partial charge >= 0.3 is 0 Å². The van der Waals surface area contributed by atoms with Gasteiger partial charge in [0.1, 0.15) is 5.82 Å². The van der Waals surface area contributed by atoms with Gasteiger partial charge in [0, 0.05) is 35.5 Å². The van der Waals surface area contributed by atoms with Crippen LogP contribution in [0, 0.1) is 18.4 Å². The third-order valence-electron chi connectivity index (χ3n) is 5.93. The number of carbonyl (C=O) groups is 1. The van der Waals surface area contributed by atoms with E-state index >= 15 is 0 Å². The molecular formula is C20H19N7O. The van der Waals surface area contributed by atoms with E-state index in [1.54, 1.807) is 18.3 Å². The molecule has 0 spiro atoms. The van der Waals surface area contributed by atoms with E-state index in [0.29, 0.717) is 17.0 Å². The zero-order valence-electron chi connectivity index (χ0n) is 15.4. The van der Waals surface area contributed by atoms with Crippen LogP contribution in [-0.2, 0) is 0 Å². The average Bonchev–Trinajstić information content (AvgIpc) is 3.37. The van der Waals surface area contributed by atoms with Crippen molar-refractivity contribution in [1.29, 1.82) is 5.26 Å². The number of benzene rings is 1. The van der Waals surface area contributed by atoms with E-state index in [1.807, 2.05) is 28.5 Å². The highest BCUT2D eigenvalue weighted by Gasteiger charge is 2.48. The molecule has 3 atom stereocenters. The fraction of sp³-hybridized carbons (Fsp3) is 0.350. The minimum Gasteiger partial charge on any atom is -0.366 e. The first-order valence-electron chi connectivity index (χ1n) is 9.37. The van der Waals surface area contributed by atoms with Crippen molar-refractivity contribution in [2.75, 3.05) is 0 Å². The largest absolute Gasteiger partial charge is 0.366 e. The number of fused-ring (bicyclic) bond motifs is 3. The van der Waals surface area contributed by atoms with E-state index in [2.05, 4.69) is 16.2 Å². The molecule has 2 aliphatic rings. The molecule has 0 saturated carbocycles. The van der Waals surface area contributed by atoms with E-state index in [0.717, 1.165) is 36.3 Å². The number of rotatable bonds is 3. The molecule has 8 nitrogen and oxygen atoms in total. The lowest BCUT2D eigenvalue weighted by Gasteiger charge is -2.21. The SMILES string of the molecule is Cc1ccnc(-n2c(C3CC4CCC3N4C#N)nc3cc(C(N)=O)ccc32)n1. The maximum atomic E-state index is 11.6. The summed E-state index contributed by atoms with van der Waals surface area (Å²) in [6, 6.07) is 7.52. The van der Waals surface area contributed by atoms with E-state index in [4.69, 9.17) is 10.7 Å². The molecule has 2 bridgehead atoms. The molecule has 2 N–H and O–H groups in total. The van der Waals surface area contributed by atoms with Crippen molar-refractivity contribution >= 4 is 16.9 Å². The van der Waals surface area contributed by atoms with Crippen molar-refractivity contribution in [1.82, 2.24) is 24.4 Å². The normalized spacial score (nSPS) is 23.3. The fourth-order valence-corrected chi connectivity index (χ4v) is 4.68. The zero-order chi connectivity index (χ0) is 19.4. The number of primary amides is 1. The molecular weight excluding hydrogens is 354 g/mol. The third-order valence-corrected chi connectivity index (χ3v) is 5.93. The summed E-state index contributed by atoms with van der Waals surface area (Å²) in [5.74, 6) is 1.03. The highest BCUT2D eigenvalue weighted by atomic mass is 16.1. The lowest BCUT2D eigenvalue weighted by Crippen LogP contribution is -2.26. The van der Waals surface area contributed by atoms with Crippen molar-refractivity contribution in [3.8, 4) is 12.1 Å². The van der Waals surface area contributed by atoms with Gasteiger partial charge in [-0.25, -0.2) is 15.0 Å². The van der Waals surface area contributed by atoms with Crippen LogP contribution in [0.5, 0.6) is 0 Å². The molecule has 4 heterocycles. The maximum absolute atomic E-state index is 11.6. The molecule has 5 rings (SSSR count). The highest BCUT2D eigenvalue weighted by Crippen LogP contribution is 2.46. The first-order chi connectivity index (χ1) is 13.6. The van der Waals surface area contributed by atoms with Crippen LogP contribution in [0.1, 0.15) is 47.1 Å². The molecule has 2 fully saturated rings. The summed E-state index contributed by atoms with van der Waals surface area (Å²) in [7, 11) is 0. The molecule has 8 heteroatoms. The molecule has 1 amide bonds. The summed E-state index contributed by atoms with van der Waals surface area (Å²) < 4.78 is 1.97. The second-order valence-electron chi connectivity index (χ2n) is 7.52. The second kappa shape index (κ2) is 6.02. The van der Waals surface area contributed by atoms with Gasteiger partial charge in [0.15, 0.2) is 6.19 Å². The summed E-state index contributed by atoms with van der Waals surface area (Å²) in [6.45, 7) is 1.92. The third kappa shape index (κ3) is 2.36. The second-order valence-corrected chi connectivity index (χ2v) is 7.52. The minimum absolute atomic E-state index is 0.118. The molecule has 1 aromatic carbocycles. The molecule has 2 saturated heterocycles. The van der Waals surface area contributed by atoms with Crippen molar-refractivity contribution in [2.24, 2.45) is 5.73 Å². The first kappa shape index (κ1) is 16.7. The number of hydrogen-bond acceptors (Lipinski definition) is 6. The van der Waals surface area contributed by atoms with Crippen LogP contribution >= 0.6 is 0 Å². The van der Waals surface area contributed by atoms with Crippen molar-refractivity contribution in [2.45, 2.75) is 44.2 Å². The Hall–Kier alpha value is -3.47. The number of amides is 1. The lowest BCUT2D eigenvalue weighted by atomic mass is 9.88. The Morgan fingerprint density at radius 1 is 1.29 bits per heavy atom. The Bertz CT molecular complexity index is 1150. The molecule has 2 aromatic heterocycles. The number of hydrogen-bond donors (Lipinski definition) is 1. The molecule has 2 aliphatic heterocycles. The first-order valence-corrected chi connectivity index (χ1v) is 9.37. The molecule has 0 radical (unpaired) electrons. The molecule has 3 aromatic rings. The van der Waals surface area contributed by atoms with Gasteiger partial charge in [0.05, 0.1) is 11.0 Å². The average molecular weight is 373 g/mol. The van der Waals surface area contributed by atoms with Gasteiger partial charge in [-0.15, -0.1) is 0 Å². The summed E-state index contributed by atoms with van der Waals surface area (Å²) in [5.41, 5.74) is 8.24. The Morgan fingerprint density at radius 2 is 2.14 bits per heavy atom. The van der Waals surface area contributed by atoms with Crippen molar-refractivity contribution < 1.29 is 4.79 Å². The van der Waals surface area contributed by atoms with Crippen LogP contribution in [0.15, 0.2) is 30.5 Å². The molecule has 140 valence electrons. The topological polar surface area (TPSA) is 114 Å². The number of carbonyl (C=O) groups excluding carboxylic acids is 1. The summed E-state index contributed by atoms with van der Waals surface area (Å²) in [6.07, 6.45) is 6.99. The fourth-order valence-electron chi connectivity index (χ4n) is 4.68. The Balaban J connectivity index is 1.73. The van der Waals surface area contributed by atoms with Crippen LogP contribution in [0.3, 0.4) is 0 Å². The van der Waals surface area contributed by atoms with Gasteiger partial charge in [-0.2, -0.15) is 5.26 Å². The van der Waals surface area contributed by atoms with Crippen molar-refractivity contribution in [3.63, 3.8) is 0 Å². The summed E-state index contributed by atoms with van der Waals surface area (Å²) >= 11 is 0. The maximum Gasteiger partial charge on any atom is 0.248 e. The number of aromatic nitrogens is 4.